The van der Waals surface area contributed by atoms with Crippen LogP contribution in [0.4, 0.5) is 0 Å². The highest BCUT2D eigenvalue weighted by molar-refractivity contribution is 5.94. The summed E-state index contributed by atoms with van der Waals surface area (Å²) in [6, 6.07) is 3.52. The van der Waals surface area contributed by atoms with E-state index in [-0.39, 0.29) is 18.4 Å². The first-order chi connectivity index (χ1) is 11.3. The molecule has 128 valence electrons. The van der Waals surface area contributed by atoms with Crippen LogP contribution in [0.2, 0.25) is 0 Å². The van der Waals surface area contributed by atoms with E-state index in [0.717, 1.165) is 11.1 Å². The van der Waals surface area contributed by atoms with E-state index >= 15 is 0 Å². The standard InChI is InChI=1S/C17H20N2O5/c1-10(20)19(11(2)21)8-7-13-9-18-14-5-6-15(23-4)17(16(13)14)24-12(3)22/h5-6,9,18H,7-8H2,1-4H3. The van der Waals surface area contributed by atoms with E-state index in [1.165, 1.54) is 32.8 Å². The Balaban J connectivity index is 2.42. The highest BCUT2D eigenvalue weighted by Crippen LogP contribution is 2.37. The number of nitrogens with one attached hydrogen (secondary N) is 1. The Kier molecular flexibility index (Phi) is 5.23. The molecule has 0 spiro atoms. The van der Waals surface area contributed by atoms with Crippen LogP contribution in [-0.4, -0.2) is 41.3 Å². The van der Waals surface area contributed by atoms with Gasteiger partial charge in [0.15, 0.2) is 11.5 Å². The molecule has 2 rings (SSSR count). The molecule has 1 N–H and O–H groups in total. The van der Waals surface area contributed by atoms with Crippen molar-refractivity contribution in [2.45, 2.75) is 27.2 Å². The molecule has 0 aliphatic rings. The minimum atomic E-state index is -0.456. The number of hydrogen-bond acceptors (Lipinski definition) is 5. The van der Waals surface area contributed by atoms with Gasteiger partial charge in [0.05, 0.1) is 7.11 Å². The molecule has 0 fully saturated rings. The van der Waals surface area contributed by atoms with Crippen LogP contribution in [0.15, 0.2) is 18.3 Å². The van der Waals surface area contributed by atoms with Gasteiger partial charge in [-0.25, -0.2) is 0 Å². The van der Waals surface area contributed by atoms with Crippen molar-refractivity contribution in [3.05, 3.63) is 23.9 Å². The fourth-order valence-corrected chi connectivity index (χ4v) is 2.61. The molecule has 0 radical (unpaired) electrons. The van der Waals surface area contributed by atoms with Crippen LogP contribution in [0.5, 0.6) is 11.5 Å². The van der Waals surface area contributed by atoms with Crippen LogP contribution >= 0.6 is 0 Å². The lowest BCUT2D eigenvalue weighted by Crippen LogP contribution is -2.34. The van der Waals surface area contributed by atoms with Gasteiger partial charge >= 0.3 is 5.97 Å². The smallest absolute Gasteiger partial charge is 0.308 e. The van der Waals surface area contributed by atoms with Crippen LogP contribution in [0.1, 0.15) is 26.3 Å². The zero-order chi connectivity index (χ0) is 17.9. The van der Waals surface area contributed by atoms with Crippen molar-refractivity contribution in [1.29, 1.82) is 0 Å². The molecule has 1 heterocycles. The summed E-state index contributed by atoms with van der Waals surface area (Å²) in [7, 11) is 1.49. The molecule has 0 aliphatic heterocycles. The molecule has 0 saturated heterocycles. The lowest BCUT2D eigenvalue weighted by atomic mass is 10.1. The van der Waals surface area contributed by atoms with E-state index in [0.29, 0.717) is 23.3 Å². The molecule has 1 aromatic carbocycles. The number of carbonyl (C=O) groups excluding carboxylic acids is 3. The zero-order valence-corrected chi connectivity index (χ0v) is 14.1. The van der Waals surface area contributed by atoms with Gasteiger partial charge in [-0.3, -0.25) is 19.3 Å². The first kappa shape index (κ1) is 17.5. The highest BCUT2D eigenvalue weighted by Gasteiger charge is 2.19. The van der Waals surface area contributed by atoms with Crippen molar-refractivity contribution in [2.24, 2.45) is 0 Å². The van der Waals surface area contributed by atoms with Crippen LogP contribution in [0.3, 0.4) is 0 Å². The first-order valence-electron chi connectivity index (χ1n) is 7.49. The molecule has 0 aliphatic carbocycles. The molecule has 0 unspecified atom stereocenters. The lowest BCUT2D eigenvalue weighted by Gasteiger charge is -2.17. The van der Waals surface area contributed by atoms with Gasteiger partial charge in [-0.15, -0.1) is 0 Å². The molecular weight excluding hydrogens is 312 g/mol. The zero-order valence-electron chi connectivity index (χ0n) is 14.1. The average molecular weight is 332 g/mol. The third-order valence-corrected chi connectivity index (χ3v) is 3.68. The molecule has 7 heteroatoms. The van der Waals surface area contributed by atoms with Gasteiger partial charge in [-0.05, 0) is 24.1 Å². The average Bonchev–Trinajstić information content (AvgIpc) is 2.90. The molecule has 7 nitrogen and oxygen atoms in total. The maximum atomic E-state index is 11.5. The third-order valence-electron chi connectivity index (χ3n) is 3.68. The maximum Gasteiger partial charge on any atom is 0.308 e. The molecule has 2 aromatic rings. The Bertz CT molecular complexity index is 780. The van der Waals surface area contributed by atoms with Crippen LogP contribution in [0, 0.1) is 0 Å². The number of methoxy groups -OCH3 is 1. The normalized spacial score (nSPS) is 10.5. The lowest BCUT2D eigenvalue weighted by molar-refractivity contribution is -0.142. The summed E-state index contributed by atoms with van der Waals surface area (Å²) in [6.07, 6.45) is 2.20. The van der Waals surface area contributed by atoms with Gasteiger partial charge in [0.1, 0.15) is 0 Å². The SMILES string of the molecule is COc1ccc2[nH]cc(CCN(C(C)=O)C(C)=O)c2c1OC(C)=O. The van der Waals surface area contributed by atoms with Crippen molar-refractivity contribution in [3.63, 3.8) is 0 Å². The molecule has 1 aromatic heterocycles. The summed E-state index contributed by atoms with van der Waals surface area (Å²) in [5.41, 5.74) is 1.60. The van der Waals surface area contributed by atoms with Gasteiger partial charge in [0, 0.05) is 44.4 Å². The number of nitrogens with zero attached hydrogens (tertiary/aromatic N) is 1. The predicted octanol–water partition coefficient (Wildman–Crippen LogP) is 2.04. The number of amides is 2. The number of benzene rings is 1. The van der Waals surface area contributed by atoms with Crippen LogP contribution in [-0.2, 0) is 20.8 Å². The summed E-state index contributed by atoms with van der Waals surface area (Å²) >= 11 is 0. The van der Waals surface area contributed by atoms with Gasteiger partial charge < -0.3 is 14.5 Å². The van der Waals surface area contributed by atoms with Gasteiger partial charge in [-0.1, -0.05) is 0 Å². The summed E-state index contributed by atoms with van der Waals surface area (Å²) in [5.74, 6) is -0.299. The minimum absolute atomic E-state index is 0.244. The number of H-pyrrole nitrogens is 1. The van der Waals surface area contributed by atoms with Crippen molar-refractivity contribution < 1.29 is 23.9 Å². The van der Waals surface area contributed by atoms with Crippen LogP contribution < -0.4 is 9.47 Å². The molecule has 24 heavy (non-hydrogen) atoms. The number of rotatable bonds is 5. The molecule has 0 saturated carbocycles. The van der Waals surface area contributed by atoms with E-state index in [1.54, 1.807) is 12.3 Å². The molecule has 0 atom stereocenters. The summed E-state index contributed by atoms with van der Waals surface area (Å²) in [4.78, 5) is 38.7. The van der Waals surface area contributed by atoms with Gasteiger partial charge in [0.25, 0.3) is 0 Å². The Morgan fingerprint density at radius 3 is 2.33 bits per heavy atom. The van der Waals surface area contributed by atoms with Crippen molar-refractivity contribution in [3.8, 4) is 11.5 Å². The maximum absolute atomic E-state index is 11.5. The Hall–Kier alpha value is -2.83. The predicted molar refractivity (Wildman–Crippen MR) is 87.9 cm³/mol. The highest BCUT2D eigenvalue weighted by atomic mass is 16.6. The van der Waals surface area contributed by atoms with E-state index in [9.17, 15) is 14.4 Å². The topological polar surface area (TPSA) is 88.7 Å². The Morgan fingerprint density at radius 2 is 1.79 bits per heavy atom. The second kappa shape index (κ2) is 7.16. The van der Waals surface area contributed by atoms with E-state index in [4.69, 9.17) is 9.47 Å². The van der Waals surface area contributed by atoms with Crippen molar-refractivity contribution >= 4 is 28.7 Å². The monoisotopic (exact) mass is 332 g/mol. The number of carbonyl (C=O) groups is 3. The number of hydrogen-bond donors (Lipinski definition) is 1. The van der Waals surface area contributed by atoms with E-state index in [2.05, 4.69) is 4.98 Å². The van der Waals surface area contributed by atoms with Crippen molar-refractivity contribution in [1.82, 2.24) is 9.88 Å². The summed E-state index contributed by atoms with van der Waals surface area (Å²) in [6.45, 7) is 4.26. The van der Waals surface area contributed by atoms with E-state index < -0.39 is 5.97 Å². The quantitative estimate of drug-likeness (QED) is 0.668. The third kappa shape index (κ3) is 3.56. The number of imide groups is 1. The summed E-state index contributed by atoms with van der Waals surface area (Å²) in [5, 5.41) is 0.705. The van der Waals surface area contributed by atoms with Crippen LogP contribution in [0.25, 0.3) is 10.9 Å². The number of aromatic nitrogens is 1. The number of fused-ring (bicyclic) bond motifs is 1. The van der Waals surface area contributed by atoms with Crippen molar-refractivity contribution in [2.75, 3.05) is 13.7 Å². The second-order valence-electron chi connectivity index (χ2n) is 5.37. The minimum Gasteiger partial charge on any atom is -0.493 e. The number of ether oxygens (including phenoxy) is 2. The largest absolute Gasteiger partial charge is 0.493 e. The second-order valence-corrected chi connectivity index (χ2v) is 5.37. The number of aromatic amines is 1. The molecule has 0 bridgehead atoms. The Morgan fingerprint density at radius 1 is 1.12 bits per heavy atom. The van der Waals surface area contributed by atoms with Gasteiger partial charge in [-0.2, -0.15) is 0 Å². The first-order valence-corrected chi connectivity index (χ1v) is 7.49. The number of esters is 1. The summed E-state index contributed by atoms with van der Waals surface area (Å²) < 4.78 is 10.6. The molecular formula is C17H20N2O5. The molecule has 2 amide bonds. The van der Waals surface area contributed by atoms with E-state index in [1.807, 2.05) is 6.07 Å². The Labute approximate surface area is 139 Å². The van der Waals surface area contributed by atoms with Gasteiger partial charge in [0.2, 0.25) is 11.8 Å². The fraction of sp³-hybridized carbons (Fsp3) is 0.353. The fourth-order valence-electron chi connectivity index (χ4n) is 2.61.